The summed E-state index contributed by atoms with van der Waals surface area (Å²) in [6.45, 7) is 26.8. The summed E-state index contributed by atoms with van der Waals surface area (Å²) in [6, 6.07) is 49.9. The van der Waals surface area contributed by atoms with Crippen molar-refractivity contribution in [2.24, 2.45) is 0 Å². The molecule has 0 atom stereocenters. The number of fused-ring (bicyclic) bond motifs is 6. The predicted molar refractivity (Wildman–Crippen MR) is 282 cm³/mol. The Labute approximate surface area is 395 Å². The van der Waals surface area contributed by atoms with Crippen molar-refractivity contribution in [2.45, 2.75) is 105 Å². The van der Waals surface area contributed by atoms with Gasteiger partial charge in [-0.1, -0.05) is 174 Å². The third-order valence-corrected chi connectivity index (χ3v) is 13.6. The molecule has 0 radical (unpaired) electrons. The van der Waals surface area contributed by atoms with E-state index in [4.69, 9.17) is 14.4 Å². The maximum Gasteiger partial charge on any atom is 0.161 e. The van der Waals surface area contributed by atoms with Gasteiger partial charge in [0.1, 0.15) is 22.9 Å². The molecule has 0 spiro atoms. The molecule has 336 valence electrons. The van der Waals surface area contributed by atoms with Crippen LogP contribution in [-0.2, 0) is 21.7 Å². The van der Waals surface area contributed by atoms with Gasteiger partial charge in [0.2, 0.25) is 0 Å². The van der Waals surface area contributed by atoms with Gasteiger partial charge in [-0.15, -0.1) is 0 Å². The largest absolute Gasteiger partial charge is 0.507 e. The van der Waals surface area contributed by atoms with E-state index in [0.29, 0.717) is 11.4 Å². The van der Waals surface area contributed by atoms with Crippen molar-refractivity contribution in [3.05, 3.63) is 168 Å². The topological polar surface area (TPSA) is 64.1 Å². The summed E-state index contributed by atoms with van der Waals surface area (Å²) in [7, 11) is 0. The minimum atomic E-state index is -0.334. The number of para-hydroxylation sites is 1. The fourth-order valence-corrected chi connectivity index (χ4v) is 9.64. The van der Waals surface area contributed by atoms with Gasteiger partial charge in [-0.05, 0) is 109 Å². The number of phenolic OH excluding ortho intramolecular Hbond substituents is 1. The summed E-state index contributed by atoms with van der Waals surface area (Å²) in [5.74, 6) is 0.936. The molecule has 0 saturated carbocycles. The van der Waals surface area contributed by atoms with E-state index in [1.54, 1.807) is 0 Å². The summed E-state index contributed by atoms with van der Waals surface area (Å²) in [4.78, 5) is 10.8. The first-order valence-electron chi connectivity index (χ1n) is 23.6. The van der Waals surface area contributed by atoms with Crippen LogP contribution in [0.25, 0.3) is 94.3 Å². The molecule has 3 aromatic heterocycles. The van der Waals surface area contributed by atoms with Gasteiger partial charge in [0.05, 0.1) is 22.3 Å². The zero-order valence-corrected chi connectivity index (χ0v) is 41.1. The lowest BCUT2D eigenvalue weighted by molar-refractivity contribution is 0.446. The zero-order valence-electron chi connectivity index (χ0n) is 41.1. The number of rotatable bonds is 5. The van der Waals surface area contributed by atoms with Crippen molar-refractivity contribution in [2.75, 3.05) is 0 Å². The minimum Gasteiger partial charge on any atom is -0.507 e. The van der Waals surface area contributed by atoms with Crippen LogP contribution in [0.5, 0.6) is 5.75 Å². The number of aromatic nitrogens is 3. The molecule has 0 fully saturated rings. The second-order valence-electron chi connectivity index (χ2n) is 22.6. The molecule has 67 heavy (non-hydrogen) atoms. The molecule has 5 nitrogen and oxygen atoms in total. The van der Waals surface area contributed by atoms with Gasteiger partial charge >= 0.3 is 0 Å². The first kappa shape index (κ1) is 43.9. The van der Waals surface area contributed by atoms with Crippen molar-refractivity contribution in [3.8, 4) is 56.3 Å². The van der Waals surface area contributed by atoms with E-state index < -0.39 is 0 Å². The number of nitrogens with zero attached hydrogens (tertiary/aromatic N) is 3. The number of benzene rings is 7. The smallest absolute Gasteiger partial charge is 0.161 e. The molecule has 0 unspecified atom stereocenters. The van der Waals surface area contributed by atoms with Crippen molar-refractivity contribution in [3.63, 3.8) is 0 Å². The van der Waals surface area contributed by atoms with E-state index in [0.717, 1.165) is 88.7 Å². The summed E-state index contributed by atoms with van der Waals surface area (Å²) in [5, 5.41) is 17.1. The van der Waals surface area contributed by atoms with Crippen LogP contribution < -0.4 is 0 Å². The molecule has 10 rings (SSSR count). The molecular formula is C62H61N3O2. The Morgan fingerprint density at radius 3 is 1.90 bits per heavy atom. The molecule has 5 heteroatoms. The van der Waals surface area contributed by atoms with Crippen LogP contribution in [0.1, 0.15) is 105 Å². The molecule has 0 aliphatic heterocycles. The normalized spacial score (nSPS) is 12.8. The molecule has 7 aromatic carbocycles. The number of pyridine rings is 1. The molecule has 0 saturated heterocycles. The Hall–Kier alpha value is -6.98. The standard InChI is InChI=1S/C62H61N3O2/c1-59(2,3)41-26-27-50(47(34-41)37-19-14-13-15-20-37)65-51-24-18-23-45(55(51)64-58(65)48-35-43(61(7,8)9)36-49(56(48)66)62(10,11)12)39-31-40(33-42(32-39)60(4,5)6)54-57-46(29-30-63-54)53-44-22-17-16-21-38(44)25-28-52(53)67-57/h13-36,66H,1-12H3. The summed E-state index contributed by atoms with van der Waals surface area (Å²) >= 11 is 0. The zero-order chi connectivity index (χ0) is 47.4. The molecule has 10 aromatic rings. The van der Waals surface area contributed by atoms with Gasteiger partial charge in [0, 0.05) is 39.2 Å². The van der Waals surface area contributed by atoms with Crippen LogP contribution >= 0.6 is 0 Å². The van der Waals surface area contributed by atoms with Crippen LogP contribution in [0.2, 0.25) is 0 Å². The van der Waals surface area contributed by atoms with Gasteiger partial charge < -0.3 is 9.52 Å². The van der Waals surface area contributed by atoms with Crippen molar-refractivity contribution >= 4 is 43.7 Å². The Balaban J connectivity index is 1.29. The van der Waals surface area contributed by atoms with Gasteiger partial charge in [-0.3, -0.25) is 9.55 Å². The maximum absolute atomic E-state index is 12.6. The minimum absolute atomic E-state index is 0.0822. The Kier molecular flexibility index (Phi) is 10.2. The van der Waals surface area contributed by atoms with Crippen molar-refractivity contribution in [1.29, 1.82) is 0 Å². The number of imidazole rings is 1. The third-order valence-electron chi connectivity index (χ3n) is 13.6. The van der Waals surface area contributed by atoms with Crippen LogP contribution in [0.15, 0.2) is 150 Å². The lowest BCUT2D eigenvalue weighted by atomic mass is 9.79. The number of phenols is 1. The predicted octanol–water partition coefficient (Wildman–Crippen LogP) is 17.0. The van der Waals surface area contributed by atoms with Crippen LogP contribution in [0.4, 0.5) is 0 Å². The molecule has 0 amide bonds. The summed E-state index contributed by atoms with van der Waals surface area (Å²) < 4.78 is 9.05. The molecule has 0 bridgehead atoms. The highest BCUT2D eigenvalue weighted by molar-refractivity contribution is 6.20. The first-order chi connectivity index (χ1) is 31.7. The molecule has 3 heterocycles. The van der Waals surface area contributed by atoms with E-state index in [1.165, 1.54) is 16.5 Å². The Morgan fingerprint density at radius 2 is 1.18 bits per heavy atom. The lowest BCUT2D eigenvalue weighted by Gasteiger charge is -2.28. The Bertz CT molecular complexity index is 3560. The van der Waals surface area contributed by atoms with Crippen molar-refractivity contribution < 1.29 is 9.52 Å². The number of hydrogen-bond donors (Lipinski definition) is 1. The molecule has 0 aliphatic rings. The average Bonchev–Trinajstić information content (AvgIpc) is 3.87. The number of aromatic hydroxyl groups is 1. The highest BCUT2D eigenvalue weighted by Gasteiger charge is 2.30. The average molecular weight is 880 g/mol. The van der Waals surface area contributed by atoms with Gasteiger partial charge in [-0.2, -0.15) is 0 Å². The van der Waals surface area contributed by atoms with E-state index in [9.17, 15) is 5.11 Å². The second kappa shape index (κ2) is 15.6. The fraction of sp³-hybridized carbons (Fsp3) is 0.258. The van der Waals surface area contributed by atoms with Gasteiger partial charge in [0.25, 0.3) is 0 Å². The van der Waals surface area contributed by atoms with Gasteiger partial charge in [0.15, 0.2) is 5.58 Å². The van der Waals surface area contributed by atoms with E-state index in [1.807, 2.05) is 6.20 Å². The van der Waals surface area contributed by atoms with E-state index in [-0.39, 0.29) is 27.4 Å². The highest BCUT2D eigenvalue weighted by atomic mass is 16.3. The van der Waals surface area contributed by atoms with Crippen LogP contribution in [0.3, 0.4) is 0 Å². The lowest BCUT2D eigenvalue weighted by Crippen LogP contribution is -2.17. The monoisotopic (exact) mass is 879 g/mol. The molecular weight excluding hydrogens is 819 g/mol. The van der Waals surface area contributed by atoms with Crippen molar-refractivity contribution in [1.82, 2.24) is 14.5 Å². The molecule has 1 N–H and O–H groups in total. The number of furan rings is 1. The fourth-order valence-electron chi connectivity index (χ4n) is 9.64. The Morgan fingerprint density at radius 1 is 0.507 bits per heavy atom. The maximum atomic E-state index is 12.6. The third kappa shape index (κ3) is 7.68. The van der Waals surface area contributed by atoms with Gasteiger partial charge in [-0.25, -0.2) is 4.98 Å². The summed E-state index contributed by atoms with van der Waals surface area (Å²) in [6.07, 6.45) is 1.91. The summed E-state index contributed by atoms with van der Waals surface area (Å²) in [5.41, 5.74) is 14.7. The molecule has 0 aliphatic carbocycles. The second-order valence-corrected chi connectivity index (χ2v) is 22.6. The van der Waals surface area contributed by atoms with E-state index in [2.05, 4.69) is 227 Å². The van der Waals surface area contributed by atoms with E-state index >= 15 is 0 Å². The first-order valence-corrected chi connectivity index (χ1v) is 23.6. The highest BCUT2D eigenvalue weighted by Crippen LogP contribution is 2.47. The number of hydrogen-bond acceptors (Lipinski definition) is 4. The SMILES string of the molecule is CC(C)(C)c1cc(-c2cccc3c2nc(-c2cc(C(C)(C)C)cc(C(C)(C)C)c2O)n3-c2ccc(C(C)(C)C)cc2-c2ccccc2)cc(-c2nccc3c2oc2ccc4ccccc4c23)c1. The quantitative estimate of drug-likeness (QED) is 0.187. The van der Waals surface area contributed by atoms with Crippen LogP contribution in [0, 0.1) is 0 Å². The van der Waals surface area contributed by atoms with Crippen LogP contribution in [-0.4, -0.2) is 19.6 Å².